The van der Waals surface area contributed by atoms with Crippen molar-refractivity contribution < 1.29 is 23.4 Å². The Labute approximate surface area is 160 Å². The Balaban J connectivity index is 2.48. The summed E-state index contributed by atoms with van der Waals surface area (Å²) in [6, 6.07) is 3.10. The zero-order valence-electron chi connectivity index (χ0n) is 16.8. The molecule has 1 aliphatic rings. The lowest BCUT2D eigenvalue weighted by atomic mass is 9.61. The average molecular weight is 386 g/mol. The third-order valence-corrected chi connectivity index (χ3v) is 6.25. The maximum absolute atomic E-state index is 13.9. The number of aryl methyl sites for hydroxylation is 1. The van der Waals surface area contributed by atoms with Crippen LogP contribution >= 0.6 is 0 Å². The fourth-order valence-corrected chi connectivity index (χ4v) is 4.85. The number of unbranched alkanes of at least 4 members (excludes halogenated alkanes) is 2. The molecule has 2 N–H and O–H groups in total. The Morgan fingerprint density at radius 3 is 2.15 bits per heavy atom. The number of hydrogen-bond donors (Lipinski definition) is 2. The largest absolute Gasteiger partial charge is 0.508 e. The number of halogens is 3. The van der Waals surface area contributed by atoms with Gasteiger partial charge in [0.05, 0.1) is 5.92 Å². The van der Waals surface area contributed by atoms with E-state index in [1.165, 1.54) is 0 Å². The van der Waals surface area contributed by atoms with Gasteiger partial charge in [-0.15, -0.1) is 0 Å². The van der Waals surface area contributed by atoms with Crippen molar-refractivity contribution in [3.63, 3.8) is 0 Å². The summed E-state index contributed by atoms with van der Waals surface area (Å²) in [4.78, 5) is 0. The normalized spacial score (nSPS) is 26.5. The van der Waals surface area contributed by atoms with Crippen LogP contribution in [-0.4, -0.2) is 16.4 Å². The standard InChI is InChI=1S/C22H33F3O2/c1-5-6-7-8-15-11-17(26)20(18(27)12-15)19-16(13(2)3)10-9-14(4)21(19)22(23,24)25/h11-14,16,19,21,26-27H,5-10H2,1-4H3. The first-order valence-electron chi connectivity index (χ1n) is 10.2. The highest BCUT2D eigenvalue weighted by Gasteiger charge is 2.54. The minimum Gasteiger partial charge on any atom is -0.508 e. The molecule has 0 saturated heterocycles. The topological polar surface area (TPSA) is 40.5 Å². The van der Waals surface area contributed by atoms with Crippen LogP contribution in [0.4, 0.5) is 13.2 Å². The first-order chi connectivity index (χ1) is 12.6. The van der Waals surface area contributed by atoms with Gasteiger partial charge in [0.1, 0.15) is 11.5 Å². The van der Waals surface area contributed by atoms with Crippen molar-refractivity contribution in [2.75, 3.05) is 0 Å². The van der Waals surface area contributed by atoms with Crippen LogP contribution in [0.15, 0.2) is 12.1 Å². The van der Waals surface area contributed by atoms with Crippen molar-refractivity contribution in [1.82, 2.24) is 0 Å². The second kappa shape index (κ2) is 8.74. The molecular weight excluding hydrogens is 353 g/mol. The van der Waals surface area contributed by atoms with Gasteiger partial charge in [-0.05, 0) is 61.1 Å². The summed E-state index contributed by atoms with van der Waals surface area (Å²) in [5, 5.41) is 21.2. The molecule has 0 aromatic heterocycles. The average Bonchev–Trinajstić information content (AvgIpc) is 2.53. The summed E-state index contributed by atoms with van der Waals surface area (Å²) in [7, 11) is 0. The van der Waals surface area contributed by atoms with Gasteiger partial charge in [-0.3, -0.25) is 0 Å². The fourth-order valence-electron chi connectivity index (χ4n) is 4.85. The Bertz CT molecular complexity index is 601. The number of alkyl halides is 3. The van der Waals surface area contributed by atoms with Gasteiger partial charge < -0.3 is 10.2 Å². The van der Waals surface area contributed by atoms with E-state index >= 15 is 0 Å². The van der Waals surface area contributed by atoms with Gasteiger partial charge in [-0.25, -0.2) is 0 Å². The number of hydrogen-bond acceptors (Lipinski definition) is 2. The molecule has 27 heavy (non-hydrogen) atoms. The van der Waals surface area contributed by atoms with E-state index in [1.807, 2.05) is 13.8 Å². The zero-order chi connectivity index (χ0) is 20.4. The van der Waals surface area contributed by atoms with Crippen LogP contribution in [0.1, 0.15) is 76.8 Å². The molecule has 154 valence electrons. The minimum atomic E-state index is -4.36. The van der Waals surface area contributed by atoms with Gasteiger partial charge in [-0.2, -0.15) is 13.2 Å². The molecule has 0 amide bonds. The predicted octanol–water partition coefficient (Wildman–Crippen LogP) is 6.79. The Morgan fingerprint density at radius 2 is 1.67 bits per heavy atom. The summed E-state index contributed by atoms with van der Waals surface area (Å²) in [6.07, 6.45) is 0.541. The third-order valence-electron chi connectivity index (χ3n) is 6.25. The maximum atomic E-state index is 13.9. The van der Waals surface area contributed by atoms with E-state index in [0.29, 0.717) is 19.3 Å². The van der Waals surface area contributed by atoms with Crippen molar-refractivity contribution in [3.05, 3.63) is 23.3 Å². The molecule has 0 radical (unpaired) electrons. The van der Waals surface area contributed by atoms with Crippen molar-refractivity contribution in [3.8, 4) is 11.5 Å². The molecule has 5 heteroatoms. The van der Waals surface area contributed by atoms with E-state index in [-0.39, 0.29) is 28.9 Å². The number of phenolic OH excluding ortho intramolecular Hbond substituents is 2. The summed E-state index contributed by atoms with van der Waals surface area (Å²) in [6.45, 7) is 7.57. The monoisotopic (exact) mass is 386 g/mol. The van der Waals surface area contributed by atoms with Crippen LogP contribution in [0.5, 0.6) is 11.5 Å². The summed E-state index contributed by atoms with van der Waals surface area (Å²) < 4.78 is 41.8. The summed E-state index contributed by atoms with van der Waals surface area (Å²) >= 11 is 0. The van der Waals surface area contributed by atoms with Crippen LogP contribution in [0.3, 0.4) is 0 Å². The van der Waals surface area contributed by atoms with E-state index in [4.69, 9.17) is 0 Å². The van der Waals surface area contributed by atoms with Crippen LogP contribution in [0, 0.1) is 23.7 Å². The van der Waals surface area contributed by atoms with E-state index in [9.17, 15) is 23.4 Å². The first kappa shape index (κ1) is 21.9. The molecule has 4 atom stereocenters. The summed E-state index contributed by atoms with van der Waals surface area (Å²) in [5.41, 5.74) is 0.859. The predicted molar refractivity (Wildman–Crippen MR) is 102 cm³/mol. The quantitative estimate of drug-likeness (QED) is 0.528. The highest BCUT2D eigenvalue weighted by atomic mass is 19.4. The second-order valence-electron chi connectivity index (χ2n) is 8.56. The molecule has 2 rings (SSSR count). The molecular formula is C22H33F3O2. The van der Waals surface area contributed by atoms with E-state index in [1.54, 1.807) is 19.1 Å². The molecule has 1 aromatic carbocycles. The van der Waals surface area contributed by atoms with E-state index in [2.05, 4.69) is 6.92 Å². The highest BCUT2D eigenvalue weighted by Crippen LogP contribution is 2.56. The second-order valence-corrected chi connectivity index (χ2v) is 8.56. The maximum Gasteiger partial charge on any atom is 0.392 e. The summed E-state index contributed by atoms with van der Waals surface area (Å²) in [5.74, 6) is -3.58. The lowest BCUT2D eigenvalue weighted by molar-refractivity contribution is -0.207. The van der Waals surface area contributed by atoms with Crippen LogP contribution in [-0.2, 0) is 6.42 Å². The molecule has 0 heterocycles. The number of rotatable bonds is 6. The SMILES string of the molecule is CCCCCc1cc(O)c(C2C(C(C)C)CCC(C)C2C(F)(F)F)c(O)c1. The van der Waals surface area contributed by atoms with Crippen molar-refractivity contribution in [2.45, 2.75) is 78.3 Å². The fraction of sp³-hybridized carbons (Fsp3) is 0.727. The molecule has 1 saturated carbocycles. The van der Waals surface area contributed by atoms with E-state index < -0.39 is 23.9 Å². The molecule has 1 aromatic rings. The smallest absolute Gasteiger partial charge is 0.392 e. The number of benzene rings is 1. The third kappa shape index (κ3) is 4.91. The van der Waals surface area contributed by atoms with Crippen LogP contribution < -0.4 is 0 Å². The molecule has 1 aliphatic carbocycles. The lowest BCUT2D eigenvalue weighted by Crippen LogP contribution is -2.42. The first-order valence-corrected chi connectivity index (χ1v) is 10.2. The molecule has 1 fully saturated rings. The van der Waals surface area contributed by atoms with Crippen LogP contribution in [0.25, 0.3) is 0 Å². The zero-order valence-corrected chi connectivity index (χ0v) is 16.8. The Morgan fingerprint density at radius 1 is 1.07 bits per heavy atom. The van der Waals surface area contributed by atoms with Gasteiger partial charge >= 0.3 is 6.18 Å². The highest BCUT2D eigenvalue weighted by molar-refractivity contribution is 5.50. The van der Waals surface area contributed by atoms with Crippen molar-refractivity contribution in [2.24, 2.45) is 23.7 Å². The molecule has 0 bridgehead atoms. The van der Waals surface area contributed by atoms with Crippen LogP contribution in [0.2, 0.25) is 0 Å². The molecule has 2 nitrogen and oxygen atoms in total. The van der Waals surface area contributed by atoms with E-state index in [0.717, 1.165) is 24.8 Å². The van der Waals surface area contributed by atoms with Crippen molar-refractivity contribution >= 4 is 0 Å². The number of aromatic hydroxyl groups is 2. The molecule has 4 unspecified atom stereocenters. The number of phenols is 2. The Kier molecular flexibility index (Phi) is 7.09. The Hall–Kier alpha value is -1.39. The lowest BCUT2D eigenvalue weighted by Gasteiger charge is -2.45. The molecule has 0 aliphatic heterocycles. The van der Waals surface area contributed by atoms with Gasteiger partial charge in [0, 0.05) is 11.5 Å². The molecule has 0 spiro atoms. The van der Waals surface area contributed by atoms with Gasteiger partial charge in [0.25, 0.3) is 0 Å². The van der Waals surface area contributed by atoms with Gasteiger partial charge in [0.2, 0.25) is 0 Å². The van der Waals surface area contributed by atoms with Gasteiger partial charge in [0.15, 0.2) is 0 Å². The van der Waals surface area contributed by atoms with Crippen molar-refractivity contribution in [1.29, 1.82) is 0 Å². The van der Waals surface area contributed by atoms with Gasteiger partial charge in [-0.1, -0.05) is 40.5 Å². The minimum absolute atomic E-state index is 0.0374.